The maximum Gasteiger partial charge on any atom is 0.257 e. The highest BCUT2D eigenvalue weighted by Crippen LogP contribution is 2.43. The number of nitriles is 1. The molecule has 8 nitrogen and oxygen atoms in total. The molecule has 2 atom stereocenters. The Balaban J connectivity index is 1.50. The van der Waals surface area contributed by atoms with Crippen molar-refractivity contribution in [1.29, 1.82) is 5.26 Å². The second-order valence-corrected chi connectivity index (χ2v) is 13.5. The SMILES string of the molecule is Cc1cc2c(nc(N3CC(C)(N(C)C)C3)c3ncn([C@H]4CCN(C(=O)/C=C/C(F)F)[C@H](CC#N)C4)c32)c(F)c1-c1cccc(Cl)c1C. The first-order valence-corrected chi connectivity index (χ1v) is 16.0. The summed E-state index contributed by atoms with van der Waals surface area (Å²) in [6, 6.07) is 8.90. The van der Waals surface area contributed by atoms with Gasteiger partial charge in [0.1, 0.15) is 11.0 Å². The normalized spacial score (nSPS) is 19.7. The Labute approximate surface area is 277 Å². The summed E-state index contributed by atoms with van der Waals surface area (Å²) in [6.07, 6.45) is 1.42. The van der Waals surface area contributed by atoms with Crippen molar-refractivity contribution in [3.05, 3.63) is 64.7 Å². The second kappa shape index (κ2) is 12.5. The number of imidazole rings is 1. The first-order valence-electron chi connectivity index (χ1n) is 15.7. The van der Waals surface area contributed by atoms with Crippen LogP contribution in [0.3, 0.4) is 0 Å². The van der Waals surface area contributed by atoms with Crippen LogP contribution in [0.15, 0.2) is 42.7 Å². The van der Waals surface area contributed by atoms with Crippen LogP contribution in [0, 0.1) is 31.0 Å². The number of aryl methyl sites for hydroxylation is 1. The zero-order valence-electron chi connectivity index (χ0n) is 27.1. The molecule has 246 valence electrons. The minimum atomic E-state index is -2.74. The molecule has 0 spiro atoms. The molecule has 2 aliphatic heterocycles. The van der Waals surface area contributed by atoms with Gasteiger partial charge in [-0.2, -0.15) is 5.26 Å². The van der Waals surface area contributed by atoms with Crippen molar-refractivity contribution in [2.24, 2.45) is 0 Å². The number of nitrogens with zero attached hydrogens (tertiary/aromatic N) is 7. The van der Waals surface area contributed by atoms with Crippen molar-refractivity contribution < 1.29 is 18.0 Å². The number of alkyl halides is 2. The average Bonchev–Trinajstić information content (AvgIpc) is 3.46. The lowest BCUT2D eigenvalue weighted by molar-refractivity contribution is -0.130. The van der Waals surface area contributed by atoms with Crippen LogP contribution in [-0.2, 0) is 4.79 Å². The molecular formula is C35H37ClF3N7O. The predicted molar refractivity (Wildman–Crippen MR) is 178 cm³/mol. The van der Waals surface area contributed by atoms with Gasteiger partial charge in [0.2, 0.25) is 5.91 Å². The first kappa shape index (κ1) is 32.8. The number of hydrogen-bond acceptors (Lipinski definition) is 6. The minimum absolute atomic E-state index is 0.0535. The number of anilines is 1. The summed E-state index contributed by atoms with van der Waals surface area (Å²) in [4.78, 5) is 28.4. The smallest absolute Gasteiger partial charge is 0.257 e. The third-order valence-corrected chi connectivity index (χ3v) is 10.4. The van der Waals surface area contributed by atoms with Crippen molar-refractivity contribution in [2.75, 3.05) is 38.6 Å². The Morgan fingerprint density at radius 2 is 2.00 bits per heavy atom. The lowest BCUT2D eigenvalue weighted by Crippen LogP contribution is -2.67. The highest BCUT2D eigenvalue weighted by molar-refractivity contribution is 6.31. The van der Waals surface area contributed by atoms with E-state index in [1.165, 1.54) is 4.90 Å². The molecule has 0 bridgehead atoms. The molecule has 2 fully saturated rings. The van der Waals surface area contributed by atoms with Gasteiger partial charge in [-0.25, -0.2) is 23.1 Å². The maximum atomic E-state index is 16.9. The van der Waals surface area contributed by atoms with E-state index >= 15 is 4.39 Å². The third-order valence-electron chi connectivity index (χ3n) is 9.97. The standard InChI is InChI=1S/C35H37ClF3N7O/c1-20-15-25-31(30(39)29(20)24-7-6-8-26(36)21(24)2)42-34(44-17-35(3,18-44)43(4)5)32-33(25)46(19-41-32)23-12-14-45(22(16-23)11-13-40)28(47)10-9-27(37)38/h6-10,15,19,22-23,27H,11-12,14,16-18H2,1-5H3/b10-9+/t22-,23+/m1/s1. The number of carbonyl (C=O) groups is 1. The number of carbonyl (C=O) groups excluding carboxylic acids is 1. The van der Waals surface area contributed by atoms with E-state index in [4.69, 9.17) is 21.6 Å². The number of fused-ring (bicyclic) bond motifs is 3. The van der Waals surface area contributed by atoms with E-state index in [0.29, 0.717) is 64.9 Å². The van der Waals surface area contributed by atoms with Gasteiger partial charge >= 0.3 is 0 Å². The van der Waals surface area contributed by atoms with Gasteiger partial charge in [0.15, 0.2) is 11.6 Å². The van der Waals surface area contributed by atoms with Crippen LogP contribution in [0.4, 0.5) is 19.0 Å². The summed E-state index contributed by atoms with van der Waals surface area (Å²) in [5.41, 5.74) is 4.18. The quantitative estimate of drug-likeness (QED) is 0.197. The summed E-state index contributed by atoms with van der Waals surface area (Å²) in [7, 11) is 4.07. The van der Waals surface area contributed by atoms with Crippen LogP contribution in [0.2, 0.25) is 5.02 Å². The summed E-state index contributed by atoms with van der Waals surface area (Å²) < 4.78 is 44.5. The van der Waals surface area contributed by atoms with Crippen LogP contribution < -0.4 is 4.90 Å². The van der Waals surface area contributed by atoms with Crippen LogP contribution >= 0.6 is 11.6 Å². The van der Waals surface area contributed by atoms with Crippen LogP contribution in [0.1, 0.15) is 43.4 Å². The lowest BCUT2D eigenvalue weighted by Gasteiger charge is -2.52. The molecule has 2 aromatic heterocycles. The molecule has 4 heterocycles. The number of aromatic nitrogens is 3. The molecule has 0 unspecified atom stereocenters. The summed E-state index contributed by atoms with van der Waals surface area (Å²) in [6.45, 7) is 7.56. The Hall–Kier alpha value is -4.14. The van der Waals surface area contributed by atoms with Crippen LogP contribution in [0.5, 0.6) is 0 Å². The predicted octanol–water partition coefficient (Wildman–Crippen LogP) is 7.07. The number of hydrogen-bond donors (Lipinski definition) is 0. The number of pyridine rings is 1. The molecule has 0 aliphatic carbocycles. The molecular weight excluding hydrogens is 627 g/mol. The number of likely N-dealkylation sites (N-methyl/N-ethyl adjacent to an activating group) is 1. The number of rotatable bonds is 7. The lowest BCUT2D eigenvalue weighted by atomic mass is 9.90. The summed E-state index contributed by atoms with van der Waals surface area (Å²) in [5, 5.41) is 10.7. The molecule has 0 radical (unpaired) electrons. The fourth-order valence-corrected chi connectivity index (χ4v) is 7.22. The van der Waals surface area contributed by atoms with E-state index < -0.39 is 24.2 Å². The molecule has 1 amide bonds. The summed E-state index contributed by atoms with van der Waals surface area (Å²) in [5.74, 6) is -0.383. The van der Waals surface area contributed by atoms with Gasteiger partial charge in [-0.05, 0) is 82.6 Å². The fourth-order valence-electron chi connectivity index (χ4n) is 7.04. The molecule has 2 aliphatic rings. The van der Waals surface area contributed by atoms with Crippen LogP contribution in [0.25, 0.3) is 33.1 Å². The van der Waals surface area contributed by atoms with Crippen molar-refractivity contribution in [3.8, 4) is 17.2 Å². The number of allylic oxidation sites excluding steroid dienone is 1. The van der Waals surface area contributed by atoms with Gasteiger partial charge in [0.25, 0.3) is 6.43 Å². The number of benzene rings is 2. The van der Waals surface area contributed by atoms with E-state index in [2.05, 4.69) is 22.8 Å². The highest BCUT2D eigenvalue weighted by Gasteiger charge is 2.43. The van der Waals surface area contributed by atoms with Gasteiger partial charge in [0.05, 0.1) is 29.9 Å². The molecule has 0 N–H and O–H groups in total. The van der Waals surface area contributed by atoms with Crippen LogP contribution in [-0.4, -0.2) is 82.0 Å². The summed E-state index contributed by atoms with van der Waals surface area (Å²) >= 11 is 6.46. The van der Waals surface area contributed by atoms with Crippen molar-refractivity contribution >= 4 is 45.3 Å². The minimum Gasteiger partial charge on any atom is -0.351 e. The van der Waals surface area contributed by atoms with E-state index in [1.807, 2.05) is 50.7 Å². The number of halogens is 4. The average molecular weight is 664 g/mol. The van der Waals surface area contributed by atoms with Gasteiger partial charge in [-0.15, -0.1) is 0 Å². The maximum absolute atomic E-state index is 16.9. The Morgan fingerprint density at radius 1 is 1.26 bits per heavy atom. The van der Waals surface area contributed by atoms with E-state index in [1.54, 1.807) is 12.4 Å². The topological polar surface area (TPSA) is 81.3 Å². The van der Waals surface area contributed by atoms with Gasteiger partial charge < -0.3 is 19.3 Å². The Bertz CT molecular complexity index is 1940. The molecule has 0 saturated carbocycles. The molecule has 12 heteroatoms. The molecule has 2 aromatic carbocycles. The highest BCUT2D eigenvalue weighted by atomic mass is 35.5. The van der Waals surface area contributed by atoms with E-state index in [9.17, 15) is 18.8 Å². The Morgan fingerprint density at radius 3 is 2.68 bits per heavy atom. The Kier molecular flexibility index (Phi) is 8.70. The molecule has 47 heavy (non-hydrogen) atoms. The molecule has 2 saturated heterocycles. The zero-order chi connectivity index (χ0) is 33.8. The monoisotopic (exact) mass is 663 g/mol. The largest absolute Gasteiger partial charge is 0.351 e. The van der Waals surface area contributed by atoms with Crippen molar-refractivity contribution in [1.82, 2.24) is 24.3 Å². The fraction of sp³-hybridized carbons (Fsp3) is 0.429. The van der Waals surface area contributed by atoms with Gasteiger partial charge in [-0.3, -0.25) is 4.79 Å². The van der Waals surface area contributed by atoms with Crippen molar-refractivity contribution in [2.45, 2.75) is 64.1 Å². The van der Waals surface area contributed by atoms with E-state index in [-0.39, 0.29) is 30.1 Å². The second-order valence-electron chi connectivity index (χ2n) is 13.1. The number of likely N-dealkylation sites (tertiary alicyclic amines) is 1. The first-order chi connectivity index (χ1) is 22.3. The van der Waals surface area contributed by atoms with Crippen molar-refractivity contribution in [3.63, 3.8) is 0 Å². The van der Waals surface area contributed by atoms with Gasteiger partial charge in [-0.1, -0.05) is 23.7 Å². The third kappa shape index (κ3) is 5.72. The van der Waals surface area contributed by atoms with E-state index in [0.717, 1.165) is 22.7 Å². The molecule has 6 rings (SSSR count). The molecule has 4 aromatic rings. The number of piperidine rings is 1. The number of amides is 1. The zero-order valence-corrected chi connectivity index (χ0v) is 27.8. The van der Waals surface area contributed by atoms with Gasteiger partial charge in [0, 0.05) is 53.8 Å².